The fraction of sp³-hybridized carbons (Fsp3) is 0.500. The van der Waals surface area contributed by atoms with Gasteiger partial charge in [0, 0.05) is 26.8 Å². The first-order valence-electron chi connectivity index (χ1n) is 8.73. The standard InChI is InChI=1S/C20H29NO4/c1-17-9-10-20(25-17)14-21(11-6-12-23-2)13-19(22)16-24-15-18-7-4-3-5-8-18/h3-5,7-10,19,22H,6,11-16H2,1-2H3/t19-/m1/s1. The van der Waals surface area contributed by atoms with Gasteiger partial charge in [0.15, 0.2) is 0 Å². The van der Waals surface area contributed by atoms with Gasteiger partial charge in [-0.1, -0.05) is 30.3 Å². The van der Waals surface area contributed by atoms with Crippen LogP contribution in [-0.4, -0.2) is 49.5 Å². The molecule has 1 aromatic heterocycles. The Kier molecular flexibility index (Phi) is 8.69. The van der Waals surface area contributed by atoms with Gasteiger partial charge in [0.05, 0.1) is 25.9 Å². The van der Waals surface area contributed by atoms with Crippen molar-refractivity contribution in [2.24, 2.45) is 0 Å². The third-order valence-electron chi connectivity index (χ3n) is 3.89. The molecule has 25 heavy (non-hydrogen) atoms. The Morgan fingerprint density at radius 2 is 1.96 bits per heavy atom. The molecule has 1 aromatic carbocycles. The van der Waals surface area contributed by atoms with E-state index in [2.05, 4.69) is 4.90 Å². The largest absolute Gasteiger partial charge is 0.465 e. The molecule has 1 N–H and O–H groups in total. The number of rotatable bonds is 12. The highest BCUT2D eigenvalue weighted by Gasteiger charge is 2.14. The number of hydrogen-bond donors (Lipinski definition) is 1. The number of ether oxygens (including phenoxy) is 2. The van der Waals surface area contributed by atoms with Gasteiger partial charge in [0.25, 0.3) is 0 Å². The van der Waals surface area contributed by atoms with Crippen LogP contribution < -0.4 is 0 Å². The zero-order chi connectivity index (χ0) is 17.9. The maximum absolute atomic E-state index is 10.3. The number of aryl methyl sites for hydroxylation is 1. The molecule has 0 bridgehead atoms. The second kappa shape index (κ2) is 11.1. The Bertz CT molecular complexity index is 584. The van der Waals surface area contributed by atoms with E-state index in [1.807, 2.05) is 49.4 Å². The molecule has 138 valence electrons. The quantitative estimate of drug-likeness (QED) is 0.598. The molecule has 1 atom stereocenters. The van der Waals surface area contributed by atoms with Crippen molar-refractivity contribution in [3.8, 4) is 0 Å². The minimum Gasteiger partial charge on any atom is -0.465 e. The first-order chi connectivity index (χ1) is 12.2. The summed E-state index contributed by atoms with van der Waals surface area (Å²) in [6.07, 6.45) is 0.371. The molecule has 0 radical (unpaired) electrons. The minimum absolute atomic E-state index is 0.312. The van der Waals surface area contributed by atoms with Gasteiger partial charge in [-0.05, 0) is 31.0 Å². The third kappa shape index (κ3) is 7.84. The predicted molar refractivity (Wildman–Crippen MR) is 97.3 cm³/mol. The van der Waals surface area contributed by atoms with Crippen molar-refractivity contribution in [3.05, 3.63) is 59.5 Å². The van der Waals surface area contributed by atoms with E-state index >= 15 is 0 Å². The Balaban J connectivity index is 1.77. The summed E-state index contributed by atoms with van der Waals surface area (Å²) in [6.45, 7) is 5.51. The molecule has 0 fully saturated rings. The molecular weight excluding hydrogens is 318 g/mol. The van der Waals surface area contributed by atoms with Gasteiger partial charge in [-0.15, -0.1) is 0 Å². The van der Waals surface area contributed by atoms with Gasteiger partial charge >= 0.3 is 0 Å². The number of hydrogen-bond acceptors (Lipinski definition) is 5. The summed E-state index contributed by atoms with van der Waals surface area (Å²) in [6, 6.07) is 13.9. The Morgan fingerprint density at radius 3 is 2.64 bits per heavy atom. The lowest BCUT2D eigenvalue weighted by Gasteiger charge is -2.24. The van der Waals surface area contributed by atoms with E-state index in [-0.39, 0.29) is 0 Å². The van der Waals surface area contributed by atoms with Gasteiger partial charge in [0.1, 0.15) is 11.5 Å². The minimum atomic E-state index is -0.540. The third-order valence-corrected chi connectivity index (χ3v) is 3.89. The highest BCUT2D eigenvalue weighted by molar-refractivity contribution is 5.13. The fourth-order valence-corrected chi connectivity index (χ4v) is 2.70. The summed E-state index contributed by atoms with van der Waals surface area (Å²) < 4.78 is 16.4. The highest BCUT2D eigenvalue weighted by atomic mass is 16.5. The first kappa shape index (κ1) is 19.7. The molecule has 5 nitrogen and oxygen atoms in total. The summed E-state index contributed by atoms with van der Waals surface area (Å²) in [5.74, 6) is 1.81. The molecule has 5 heteroatoms. The molecule has 0 aliphatic rings. The summed E-state index contributed by atoms with van der Waals surface area (Å²) in [4.78, 5) is 2.17. The molecular formula is C20H29NO4. The molecule has 0 amide bonds. The van der Waals surface area contributed by atoms with Crippen LogP contribution in [0, 0.1) is 6.92 Å². The van der Waals surface area contributed by atoms with Crippen LogP contribution in [0.3, 0.4) is 0 Å². The van der Waals surface area contributed by atoms with Crippen molar-refractivity contribution < 1.29 is 19.0 Å². The predicted octanol–water partition coefficient (Wildman–Crippen LogP) is 3.00. The van der Waals surface area contributed by atoms with Gasteiger partial charge in [0.2, 0.25) is 0 Å². The number of aliphatic hydroxyl groups excluding tert-OH is 1. The van der Waals surface area contributed by atoms with E-state index in [0.717, 1.165) is 30.0 Å². The van der Waals surface area contributed by atoms with Crippen molar-refractivity contribution in [3.63, 3.8) is 0 Å². The van der Waals surface area contributed by atoms with E-state index < -0.39 is 6.10 Å². The average Bonchev–Trinajstić information content (AvgIpc) is 3.01. The van der Waals surface area contributed by atoms with Crippen molar-refractivity contribution in [1.82, 2.24) is 4.90 Å². The zero-order valence-corrected chi connectivity index (χ0v) is 15.2. The topological polar surface area (TPSA) is 55.1 Å². The lowest BCUT2D eigenvalue weighted by Crippen LogP contribution is -2.35. The molecule has 0 saturated heterocycles. The highest BCUT2D eigenvalue weighted by Crippen LogP contribution is 2.11. The molecule has 2 rings (SSSR count). The molecule has 0 aliphatic carbocycles. The lowest BCUT2D eigenvalue weighted by molar-refractivity contribution is 0.00638. The molecule has 0 aliphatic heterocycles. The lowest BCUT2D eigenvalue weighted by atomic mass is 10.2. The number of nitrogens with zero attached hydrogens (tertiary/aromatic N) is 1. The number of benzene rings is 1. The first-order valence-corrected chi connectivity index (χ1v) is 8.73. The maximum Gasteiger partial charge on any atom is 0.118 e. The van der Waals surface area contributed by atoms with Crippen LogP contribution >= 0.6 is 0 Å². The number of furan rings is 1. The maximum atomic E-state index is 10.3. The molecule has 2 aromatic rings. The smallest absolute Gasteiger partial charge is 0.118 e. The SMILES string of the molecule is COCCCN(Cc1ccc(C)o1)C[C@@H](O)COCc1ccccc1. The molecule has 0 spiro atoms. The number of aliphatic hydroxyl groups is 1. The Hall–Kier alpha value is -1.66. The van der Waals surface area contributed by atoms with Crippen molar-refractivity contribution in [1.29, 1.82) is 0 Å². The van der Waals surface area contributed by atoms with E-state index in [1.54, 1.807) is 7.11 Å². The van der Waals surface area contributed by atoms with Crippen molar-refractivity contribution in [2.45, 2.75) is 32.6 Å². The van der Waals surface area contributed by atoms with Crippen molar-refractivity contribution in [2.75, 3.05) is 33.4 Å². The van der Waals surface area contributed by atoms with Crippen LogP contribution in [0.1, 0.15) is 23.5 Å². The Labute approximate surface area is 150 Å². The summed E-state index contributed by atoms with van der Waals surface area (Å²) in [7, 11) is 1.70. The Morgan fingerprint density at radius 1 is 1.16 bits per heavy atom. The van der Waals surface area contributed by atoms with E-state index in [9.17, 15) is 5.11 Å². The van der Waals surface area contributed by atoms with E-state index in [0.29, 0.717) is 32.9 Å². The van der Waals surface area contributed by atoms with Crippen LogP contribution in [-0.2, 0) is 22.6 Å². The zero-order valence-electron chi connectivity index (χ0n) is 15.2. The molecule has 1 heterocycles. The van der Waals surface area contributed by atoms with Gasteiger partial charge in [-0.2, -0.15) is 0 Å². The van der Waals surface area contributed by atoms with Gasteiger partial charge in [-0.3, -0.25) is 4.90 Å². The second-order valence-corrected chi connectivity index (χ2v) is 6.25. The monoisotopic (exact) mass is 347 g/mol. The van der Waals surface area contributed by atoms with Gasteiger partial charge < -0.3 is 19.0 Å². The summed E-state index contributed by atoms with van der Waals surface area (Å²) >= 11 is 0. The van der Waals surface area contributed by atoms with Crippen LogP contribution in [0.2, 0.25) is 0 Å². The van der Waals surface area contributed by atoms with Crippen molar-refractivity contribution >= 4 is 0 Å². The number of methoxy groups -OCH3 is 1. The molecule has 0 unspecified atom stereocenters. The average molecular weight is 347 g/mol. The van der Waals surface area contributed by atoms with Crippen LogP contribution in [0.25, 0.3) is 0 Å². The summed E-state index contributed by atoms with van der Waals surface area (Å²) in [5, 5.41) is 10.3. The van der Waals surface area contributed by atoms with E-state index in [4.69, 9.17) is 13.9 Å². The molecule has 0 saturated carbocycles. The van der Waals surface area contributed by atoms with Crippen LogP contribution in [0.5, 0.6) is 0 Å². The second-order valence-electron chi connectivity index (χ2n) is 6.25. The van der Waals surface area contributed by atoms with Crippen LogP contribution in [0.4, 0.5) is 0 Å². The summed E-state index contributed by atoms with van der Waals surface area (Å²) in [5.41, 5.74) is 1.11. The normalized spacial score (nSPS) is 12.6. The van der Waals surface area contributed by atoms with E-state index in [1.165, 1.54) is 0 Å². The van der Waals surface area contributed by atoms with Gasteiger partial charge in [-0.25, -0.2) is 0 Å². The van der Waals surface area contributed by atoms with Crippen LogP contribution in [0.15, 0.2) is 46.9 Å². The fourth-order valence-electron chi connectivity index (χ4n) is 2.70.